The van der Waals surface area contributed by atoms with Gasteiger partial charge in [-0.2, -0.15) is 0 Å². The number of carbonyl (C=O) groups excluding carboxylic acids is 1. The zero-order chi connectivity index (χ0) is 8.27. The Balaban J connectivity index is 2.65. The molecule has 0 bridgehead atoms. The summed E-state index contributed by atoms with van der Waals surface area (Å²) in [7, 11) is 0. The highest BCUT2D eigenvalue weighted by atomic mass is 16.4. The molecule has 6 nitrogen and oxygen atoms in total. The van der Waals surface area contributed by atoms with Gasteiger partial charge >= 0.3 is 6.01 Å². The second-order valence-corrected chi connectivity index (χ2v) is 1.89. The Morgan fingerprint density at radius 1 is 1.73 bits per heavy atom. The molecule has 0 aromatic carbocycles. The molecule has 0 aliphatic rings. The predicted octanol–water partition coefficient (Wildman–Crippen LogP) is -0.513. The van der Waals surface area contributed by atoms with Crippen LogP contribution in [0.4, 0.5) is 6.01 Å². The normalized spacial score (nSPS) is 9.64. The number of carbonyl (C=O) groups is 1. The fraction of sp³-hybridized carbons (Fsp3) is 0.400. The van der Waals surface area contributed by atoms with Crippen molar-refractivity contribution in [1.82, 2.24) is 10.2 Å². The number of nitrogens with two attached hydrogens (primary N) is 1. The molecule has 0 atom stereocenters. The van der Waals surface area contributed by atoms with Crippen LogP contribution in [0.2, 0.25) is 0 Å². The SMILES string of the molecule is CC(=O)Nc1nnc(CN)o1. The maximum Gasteiger partial charge on any atom is 0.322 e. The van der Waals surface area contributed by atoms with Gasteiger partial charge in [0.25, 0.3) is 0 Å². The number of nitrogens with one attached hydrogen (secondary N) is 1. The van der Waals surface area contributed by atoms with Crippen LogP contribution < -0.4 is 11.1 Å². The number of anilines is 1. The highest BCUT2D eigenvalue weighted by Crippen LogP contribution is 2.03. The van der Waals surface area contributed by atoms with Gasteiger partial charge in [0.15, 0.2) is 0 Å². The van der Waals surface area contributed by atoms with E-state index in [4.69, 9.17) is 10.2 Å². The Hall–Kier alpha value is -1.43. The van der Waals surface area contributed by atoms with Crippen molar-refractivity contribution in [3.63, 3.8) is 0 Å². The second-order valence-electron chi connectivity index (χ2n) is 1.89. The number of nitrogens with zero attached hydrogens (tertiary/aromatic N) is 2. The molecule has 3 N–H and O–H groups in total. The lowest BCUT2D eigenvalue weighted by molar-refractivity contribution is -0.114. The third kappa shape index (κ3) is 2.01. The molecule has 0 saturated heterocycles. The smallest absolute Gasteiger partial charge is 0.322 e. The first-order chi connectivity index (χ1) is 5.22. The summed E-state index contributed by atoms with van der Waals surface area (Å²) in [5.41, 5.74) is 5.19. The molecule has 1 amide bonds. The van der Waals surface area contributed by atoms with Gasteiger partial charge in [0.1, 0.15) is 0 Å². The van der Waals surface area contributed by atoms with Crippen molar-refractivity contribution >= 4 is 11.9 Å². The van der Waals surface area contributed by atoms with Crippen LogP contribution in [0.3, 0.4) is 0 Å². The number of rotatable bonds is 2. The molecule has 1 rings (SSSR count). The summed E-state index contributed by atoms with van der Waals surface area (Å²) in [5.74, 6) is 0.0472. The lowest BCUT2D eigenvalue weighted by Gasteiger charge is -1.90. The van der Waals surface area contributed by atoms with E-state index in [9.17, 15) is 4.79 Å². The highest BCUT2D eigenvalue weighted by molar-refractivity contribution is 5.86. The third-order valence-electron chi connectivity index (χ3n) is 0.924. The van der Waals surface area contributed by atoms with Crippen LogP contribution >= 0.6 is 0 Å². The number of amides is 1. The summed E-state index contributed by atoms with van der Waals surface area (Å²) in [6.45, 7) is 1.53. The first-order valence-electron chi connectivity index (χ1n) is 3.02. The third-order valence-corrected chi connectivity index (χ3v) is 0.924. The quantitative estimate of drug-likeness (QED) is 0.601. The summed E-state index contributed by atoms with van der Waals surface area (Å²) in [5, 5.41) is 9.35. The molecule has 0 radical (unpaired) electrons. The van der Waals surface area contributed by atoms with Crippen LogP contribution in [0.5, 0.6) is 0 Å². The Labute approximate surface area is 62.8 Å². The Morgan fingerprint density at radius 2 is 2.45 bits per heavy atom. The zero-order valence-corrected chi connectivity index (χ0v) is 6.00. The highest BCUT2D eigenvalue weighted by Gasteiger charge is 2.03. The van der Waals surface area contributed by atoms with Crippen LogP contribution in [0.25, 0.3) is 0 Å². The molecule has 0 aliphatic carbocycles. The minimum Gasteiger partial charge on any atom is -0.406 e. The number of aromatic nitrogens is 2. The molecule has 0 fully saturated rings. The molecule has 11 heavy (non-hydrogen) atoms. The lowest BCUT2D eigenvalue weighted by atomic mass is 10.7. The molecule has 0 aliphatic heterocycles. The molecule has 60 valence electrons. The van der Waals surface area contributed by atoms with E-state index < -0.39 is 0 Å². The van der Waals surface area contributed by atoms with Crippen LogP contribution in [-0.4, -0.2) is 16.1 Å². The second kappa shape index (κ2) is 3.11. The average Bonchev–Trinajstić information content (AvgIpc) is 2.34. The van der Waals surface area contributed by atoms with Crippen LogP contribution in [0, 0.1) is 0 Å². The van der Waals surface area contributed by atoms with E-state index in [0.29, 0.717) is 5.89 Å². The predicted molar refractivity (Wildman–Crippen MR) is 36.5 cm³/mol. The summed E-state index contributed by atoms with van der Waals surface area (Å²) in [6.07, 6.45) is 0. The van der Waals surface area contributed by atoms with Crippen molar-refractivity contribution < 1.29 is 9.21 Å². The molecule has 6 heteroatoms. The standard InChI is InChI=1S/C5H8N4O2/c1-3(10)7-5-9-8-4(2-6)11-5/h2,6H2,1H3,(H,7,9,10). The van der Waals surface area contributed by atoms with E-state index >= 15 is 0 Å². The van der Waals surface area contributed by atoms with Gasteiger partial charge in [0, 0.05) is 6.92 Å². The van der Waals surface area contributed by atoms with Crippen LogP contribution in [0.15, 0.2) is 4.42 Å². The van der Waals surface area contributed by atoms with Crippen molar-refractivity contribution in [1.29, 1.82) is 0 Å². The van der Waals surface area contributed by atoms with Crippen molar-refractivity contribution in [2.75, 3.05) is 5.32 Å². The maximum absolute atomic E-state index is 10.4. The van der Waals surface area contributed by atoms with Gasteiger partial charge < -0.3 is 10.2 Å². The van der Waals surface area contributed by atoms with Gasteiger partial charge in [-0.1, -0.05) is 5.10 Å². The summed E-state index contributed by atoms with van der Waals surface area (Å²) >= 11 is 0. The van der Waals surface area contributed by atoms with Crippen molar-refractivity contribution in [3.8, 4) is 0 Å². The number of hydrogen-bond donors (Lipinski definition) is 2. The Bertz CT molecular complexity index is 257. The fourth-order valence-electron chi connectivity index (χ4n) is 0.537. The van der Waals surface area contributed by atoms with Gasteiger partial charge in [-0.15, -0.1) is 5.10 Å². The Kier molecular flexibility index (Phi) is 2.17. The first-order valence-corrected chi connectivity index (χ1v) is 3.02. The molecular formula is C5H8N4O2. The van der Waals surface area contributed by atoms with Crippen molar-refractivity contribution in [3.05, 3.63) is 5.89 Å². The van der Waals surface area contributed by atoms with Crippen LogP contribution in [-0.2, 0) is 11.3 Å². The average molecular weight is 156 g/mol. The van der Waals surface area contributed by atoms with E-state index in [1.54, 1.807) is 0 Å². The van der Waals surface area contributed by atoms with E-state index in [-0.39, 0.29) is 18.5 Å². The van der Waals surface area contributed by atoms with E-state index in [2.05, 4.69) is 15.5 Å². The van der Waals surface area contributed by atoms with Gasteiger partial charge in [-0.05, 0) is 0 Å². The zero-order valence-electron chi connectivity index (χ0n) is 6.00. The van der Waals surface area contributed by atoms with Crippen molar-refractivity contribution in [2.45, 2.75) is 13.5 Å². The van der Waals surface area contributed by atoms with E-state index in [1.165, 1.54) is 6.92 Å². The topological polar surface area (TPSA) is 94.0 Å². The molecule has 1 aromatic heterocycles. The Morgan fingerprint density at radius 3 is 2.91 bits per heavy atom. The summed E-state index contributed by atoms with van der Waals surface area (Å²) in [6, 6.07) is 0.0814. The molecule has 1 heterocycles. The minimum atomic E-state index is -0.253. The van der Waals surface area contributed by atoms with Gasteiger partial charge in [0.05, 0.1) is 6.54 Å². The van der Waals surface area contributed by atoms with Gasteiger partial charge in [-0.3, -0.25) is 10.1 Å². The lowest BCUT2D eigenvalue weighted by Crippen LogP contribution is -2.05. The van der Waals surface area contributed by atoms with Crippen LogP contribution in [0.1, 0.15) is 12.8 Å². The molecule has 0 spiro atoms. The van der Waals surface area contributed by atoms with E-state index in [1.807, 2.05) is 0 Å². The molecule has 0 unspecified atom stereocenters. The molecule has 0 saturated carbocycles. The summed E-state index contributed by atoms with van der Waals surface area (Å²) < 4.78 is 4.86. The molecule has 1 aromatic rings. The molecular weight excluding hydrogens is 148 g/mol. The van der Waals surface area contributed by atoms with E-state index in [0.717, 1.165) is 0 Å². The minimum absolute atomic E-state index is 0.0814. The van der Waals surface area contributed by atoms with Gasteiger partial charge in [-0.25, -0.2) is 0 Å². The monoisotopic (exact) mass is 156 g/mol. The maximum atomic E-state index is 10.4. The number of hydrogen-bond acceptors (Lipinski definition) is 5. The first kappa shape index (κ1) is 7.67. The van der Waals surface area contributed by atoms with Gasteiger partial charge in [0.2, 0.25) is 11.8 Å². The van der Waals surface area contributed by atoms with Crippen molar-refractivity contribution in [2.24, 2.45) is 5.73 Å². The largest absolute Gasteiger partial charge is 0.406 e. The fourth-order valence-corrected chi connectivity index (χ4v) is 0.537. The summed E-state index contributed by atoms with van der Waals surface area (Å²) in [4.78, 5) is 10.4.